The van der Waals surface area contributed by atoms with E-state index in [1.165, 1.54) is 37.1 Å². The molecule has 0 amide bonds. The lowest BCUT2D eigenvalue weighted by Gasteiger charge is -2.10. The molecule has 0 unspecified atom stereocenters. The molecule has 0 fully saturated rings. The second-order valence-electron chi connectivity index (χ2n) is 8.15. The lowest BCUT2D eigenvalue weighted by Crippen LogP contribution is -2.01. The number of nitrogens with zero attached hydrogens (tertiary/aromatic N) is 1. The zero-order valence-corrected chi connectivity index (χ0v) is 18.9. The number of rotatable bonds is 9. The van der Waals surface area contributed by atoms with Crippen LogP contribution < -0.4 is 4.74 Å². The molecule has 0 aliphatic heterocycles. The molecule has 34 heavy (non-hydrogen) atoms. The molecule has 0 aliphatic rings. The molecular formula is C28H25F2NO3. The highest BCUT2D eigenvalue weighted by Crippen LogP contribution is 2.31. The third kappa shape index (κ3) is 5.22. The maximum Gasteiger partial charge on any atom is 0.336 e. The third-order valence-electron chi connectivity index (χ3n) is 5.70. The average Bonchev–Trinajstić information content (AvgIpc) is 2.83. The Balaban J connectivity index is 1.57. The second kappa shape index (κ2) is 10.4. The van der Waals surface area contributed by atoms with Gasteiger partial charge in [-0.1, -0.05) is 50.5 Å². The second-order valence-corrected chi connectivity index (χ2v) is 8.15. The van der Waals surface area contributed by atoms with E-state index >= 15 is 4.39 Å². The maximum absolute atomic E-state index is 15.0. The first kappa shape index (κ1) is 23.4. The van der Waals surface area contributed by atoms with Crippen molar-refractivity contribution in [2.75, 3.05) is 6.61 Å². The number of carboxylic acids is 1. The predicted octanol–water partition coefficient (Wildman–Crippen LogP) is 7.50. The fraction of sp³-hybridized carbons (Fsp3) is 0.214. The zero-order chi connectivity index (χ0) is 24.1. The van der Waals surface area contributed by atoms with Gasteiger partial charge in [0, 0.05) is 16.5 Å². The van der Waals surface area contributed by atoms with Gasteiger partial charge in [0.25, 0.3) is 0 Å². The lowest BCUT2D eigenvalue weighted by atomic mass is 10.00. The van der Waals surface area contributed by atoms with Gasteiger partial charge < -0.3 is 9.84 Å². The van der Waals surface area contributed by atoms with Crippen molar-refractivity contribution >= 4 is 16.9 Å². The fourth-order valence-electron chi connectivity index (χ4n) is 3.88. The molecule has 1 N–H and O–H groups in total. The summed E-state index contributed by atoms with van der Waals surface area (Å²) in [6.07, 6.45) is 4.52. The van der Waals surface area contributed by atoms with Crippen LogP contribution in [-0.2, 0) is 0 Å². The Morgan fingerprint density at radius 1 is 0.912 bits per heavy atom. The number of carbonyl (C=O) groups is 1. The molecular weight excluding hydrogens is 436 g/mol. The highest BCUT2D eigenvalue weighted by molar-refractivity contribution is 6.03. The van der Waals surface area contributed by atoms with Crippen LogP contribution in [-0.4, -0.2) is 22.7 Å². The highest BCUT2D eigenvalue weighted by atomic mass is 19.1. The SMILES string of the molecule is CCCCCCOc1ccc(-c2ccc(-c3cc(C(=O)O)c4cc(F)ccc4n3)cc2F)cc1. The van der Waals surface area contributed by atoms with Gasteiger partial charge in [0.05, 0.1) is 23.4 Å². The van der Waals surface area contributed by atoms with E-state index in [1.54, 1.807) is 12.1 Å². The molecule has 6 heteroatoms. The number of aromatic nitrogens is 1. The lowest BCUT2D eigenvalue weighted by molar-refractivity contribution is 0.0699. The Hall–Kier alpha value is -3.80. The molecule has 0 spiro atoms. The van der Waals surface area contributed by atoms with Gasteiger partial charge >= 0.3 is 5.97 Å². The van der Waals surface area contributed by atoms with E-state index < -0.39 is 17.6 Å². The number of benzene rings is 3. The maximum atomic E-state index is 15.0. The number of unbranched alkanes of at least 4 members (excludes halogenated alkanes) is 3. The van der Waals surface area contributed by atoms with Crippen molar-refractivity contribution in [1.82, 2.24) is 4.98 Å². The Labute approximate surface area is 196 Å². The summed E-state index contributed by atoms with van der Waals surface area (Å²) in [6.45, 7) is 2.82. The zero-order valence-electron chi connectivity index (χ0n) is 18.9. The van der Waals surface area contributed by atoms with Crippen LogP contribution in [0.3, 0.4) is 0 Å². The van der Waals surface area contributed by atoms with Crippen LogP contribution >= 0.6 is 0 Å². The number of halogens is 2. The predicted molar refractivity (Wildman–Crippen MR) is 129 cm³/mol. The monoisotopic (exact) mass is 461 g/mol. The topological polar surface area (TPSA) is 59.4 Å². The minimum Gasteiger partial charge on any atom is -0.494 e. The van der Waals surface area contributed by atoms with Gasteiger partial charge in [0.15, 0.2) is 0 Å². The minimum atomic E-state index is -1.20. The van der Waals surface area contributed by atoms with Crippen molar-refractivity contribution in [3.8, 4) is 28.1 Å². The van der Waals surface area contributed by atoms with Crippen molar-refractivity contribution in [2.24, 2.45) is 0 Å². The summed E-state index contributed by atoms with van der Waals surface area (Å²) in [5.74, 6) is -1.46. The van der Waals surface area contributed by atoms with Crippen LogP contribution in [0.15, 0.2) is 66.7 Å². The third-order valence-corrected chi connectivity index (χ3v) is 5.70. The van der Waals surface area contributed by atoms with Gasteiger partial charge in [0.2, 0.25) is 0 Å². The van der Waals surface area contributed by atoms with Crippen molar-refractivity contribution in [3.05, 3.63) is 83.9 Å². The van der Waals surface area contributed by atoms with E-state index in [9.17, 15) is 14.3 Å². The summed E-state index contributed by atoms with van der Waals surface area (Å²) in [6, 6.07) is 17.0. The number of carboxylic acid groups (broad SMARTS) is 1. The molecule has 0 saturated heterocycles. The van der Waals surface area contributed by atoms with Crippen LogP contribution in [0.1, 0.15) is 43.0 Å². The quantitative estimate of drug-likeness (QED) is 0.262. The number of fused-ring (bicyclic) bond motifs is 1. The molecule has 1 aromatic heterocycles. The number of hydrogen-bond donors (Lipinski definition) is 1. The Morgan fingerprint density at radius 2 is 1.68 bits per heavy atom. The first-order chi connectivity index (χ1) is 16.5. The van der Waals surface area contributed by atoms with E-state index in [0.29, 0.717) is 34.5 Å². The van der Waals surface area contributed by atoms with Crippen molar-refractivity contribution in [2.45, 2.75) is 32.6 Å². The molecule has 1 heterocycles. The van der Waals surface area contributed by atoms with E-state index in [4.69, 9.17) is 4.74 Å². The van der Waals surface area contributed by atoms with Crippen LogP contribution in [0, 0.1) is 11.6 Å². The van der Waals surface area contributed by atoms with E-state index in [2.05, 4.69) is 11.9 Å². The molecule has 0 saturated carbocycles. The van der Waals surface area contributed by atoms with Crippen LogP contribution in [0.25, 0.3) is 33.3 Å². The molecule has 4 rings (SSSR count). The van der Waals surface area contributed by atoms with Gasteiger partial charge in [-0.2, -0.15) is 0 Å². The normalized spacial score (nSPS) is 11.0. The van der Waals surface area contributed by atoms with Gasteiger partial charge in [-0.05, 0) is 54.4 Å². The molecule has 0 radical (unpaired) electrons. The van der Waals surface area contributed by atoms with E-state index in [-0.39, 0.29) is 10.9 Å². The highest BCUT2D eigenvalue weighted by Gasteiger charge is 2.15. The average molecular weight is 462 g/mol. The van der Waals surface area contributed by atoms with Crippen LogP contribution in [0.2, 0.25) is 0 Å². The van der Waals surface area contributed by atoms with Crippen molar-refractivity contribution in [1.29, 1.82) is 0 Å². The number of hydrogen-bond acceptors (Lipinski definition) is 3. The molecule has 0 bridgehead atoms. The summed E-state index contributed by atoms with van der Waals surface area (Å²) in [5, 5.41) is 9.77. The number of ether oxygens (including phenoxy) is 1. The van der Waals surface area contributed by atoms with Crippen molar-refractivity contribution < 1.29 is 23.4 Å². The number of aromatic carboxylic acids is 1. The van der Waals surface area contributed by atoms with E-state index in [0.717, 1.165) is 24.7 Å². The van der Waals surface area contributed by atoms with Crippen molar-refractivity contribution in [3.63, 3.8) is 0 Å². The van der Waals surface area contributed by atoms with Gasteiger partial charge in [-0.15, -0.1) is 0 Å². The number of pyridine rings is 1. The summed E-state index contributed by atoms with van der Waals surface area (Å²) < 4.78 is 34.4. The first-order valence-electron chi connectivity index (χ1n) is 11.3. The Morgan fingerprint density at radius 3 is 2.38 bits per heavy atom. The Bertz CT molecular complexity index is 1320. The van der Waals surface area contributed by atoms with Crippen LogP contribution in [0.5, 0.6) is 5.75 Å². The molecule has 174 valence electrons. The minimum absolute atomic E-state index is 0.0886. The molecule has 3 aromatic carbocycles. The summed E-state index contributed by atoms with van der Waals surface area (Å²) in [7, 11) is 0. The molecule has 0 aliphatic carbocycles. The smallest absolute Gasteiger partial charge is 0.336 e. The summed E-state index contributed by atoms with van der Waals surface area (Å²) in [5.41, 5.74) is 2.09. The van der Waals surface area contributed by atoms with Gasteiger partial charge in [-0.3, -0.25) is 0 Å². The standard InChI is InChI=1S/C28H25F2NO3/c1-2-3-4-5-14-34-21-10-6-18(7-11-21)22-12-8-19(15-25(22)30)27-17-24(28(32)33)23-16-20(29)9-13-26(23)31-27/h6-13,15-17H,2-5,14H2,1H3,(H,32,33). The first-order valence-corrected chi connectivity index (χ1v) is 11.3. The summed E-state index contributed by atoms with van der Waals surface area (Å²) in [4.78, 5) is 16.1. The summed E-state index contributed by atoms with van der Waals surface area (Å²) >= 11 is 0. The fourth-order valence-corrected chi connectivity index (χ4v) is 3.88. The molecule has 4 nitrogen and oxygen atoms in total. The largest absolute Gasteiger partial charge is 0.494 e. The van der Waals surface area contributed by atoms with Crippen LogP contribution in [0.4, 0.5) is 8.78 Å². The van der Waals surface area contributed by atoms with Gasteiger partial charge in [-0.25, -0.2) is 18.6 Å². The molecule has 4 aromatic rings. The van der Waals surface area contributed by atoms with E-state index in [1.807, 2.05) is 24.3 Å². The Kier molecular flexibility index (Phi) is 7.16. The molecule has 0 atom stereocenters. The van der Waals surface area contributed by atoms with Gasteiger partial charge in [0.1, 0.15) is 17.4 Å².